The lowest BCUT2D eigenvalue weighted by Gasteiger charge is -1.99. The second-order valence-electron chi connectivity index (χ2n) is 4.70. The number of hydrogen-bond donors (Lipinski definition) is 0. The summed E-state index contributed by atoms with van der Waals surface area (Å²) >= 11 is 0. The van der Waals surface area contributed by atoms with Crippen molar-refractivity contribution >= 4 is 11.6 Å². The minimum Gasteiger partial charge on any atom is -0.465 e. The highest BCUT2D eigenvalue weighted by molar-refractivity contribution is 5.95. The van der Waals surface area contributed by atoms with Crippen LogP contribution in [-0.2, 0) is 17.6 Å². The highest BCUT2D eigenvalue weighted by Crippen LogP contribution is 2.11. The van der Waals surface area contributed by atoms with E-state index in [-0.39, 0.29) is 0 Å². The molecule has 0 radical (unpaired) electrons. The quantitative estimate of drug-likeness (QED) is 0.689. The first kappa shape index (κ1) is 13.3. The smallest absolute Gasteiger partial charge is 0.341 e. The molecule has 3 aromatic rings. The molecule has 2 heterocycles. The molecule has 0 saturated heterocycles. The van der Waals surface area contributed by atoms with Crippen LogP contribution >= 0.6 is 0 Å². The van der Waals surface area contributed by atoms with Gasteiger partial charge >= 0.3 is 5.97 Å². The van der Waals surface area contributed by atoms with Gasteiger partial charge in [0.25, 0.3) is 0 Å². The highest BCUT2D eigenvalue weighted by atomic mass is 16.5. The Morgan fingerprint density at radius 1 is 1.14 bits per heavy atom. The van der Waals surface area contributed by atoms with Crippen molar-refractivity contribution < 1.29 is 9.53 Å². The number of hydrogen-bond acceptors (Lipinski definition) is 4. The van der Waals surface area contributed by atoms with E-state index in [1.165, 1.54) is 12.7 Å². The molecule has 0 unspecified atom stereocenters. The Labute approximate surface area is 122 Å². The Hall–Kier alpha value is -2.69. The summed E-state index contributed by atoms with van der Waals surface area (Å²) in [5, 5.41) is 4.40. The van der Waals surface area contributed by atoms with Crippen LogP contribution in [0.2, 0.25) is 0 Å². The first-order chi connectivity index (χ1) is 10.3. The predicted molar refractivity (Wildman–Crippen MR) is 78.2 cm³/mol. The molecule has 2 aromatic heterocycles. The molecule has 0 saturated carbocycles. The lowest BCUT2D eigenvalue weighted by molar-refractivity contribution is 0.0602. The first-order valence-corrected chi connectivity index (χ1v) is 6.74. The molecular weight excluding hydrogens is 266 g/mol. The van der Waals surface area contributed by atoms with Crippen LogP contribution in [-0.4, -0.2) is 27.7 Å². The van der Waals surface area contributed by atoms with E-state index in [2.05, 4.69) is 22.2 Å². The summed E-state index contributed by atoms with van der Waals surface area (Å²) in [5.74, 6) is 0.317. The van der Waals surface area contributed by atoms with Gasteiger partial charge in [-0.3, -0.25) is 0 Å². The van der Waals surface area contributed by atoms with Gasteiger partial charge in [-0.2, -0.15) is 5.10 Å². The Kier molecular flexibility index (Phi) is 3.64. The summed E-state index contributed by atoms with van der Waals surface area (Å²) in [4.78, 5) is 16.2. The number of nitrogens with zero attached hydrogens (tertiary/aromatic N) is 3. The van der Waals surface area contributed by atoms with Crippen LogP contribution in [0.15, 0.2) is 48.7 Å². The molecule has 5 heteroatoms. The second kappa shape index (κ2) is 5.75. The van der Waals surface area contributed by atoms with Crippen molar-refractivity contribution in [3.05, 3.63) is 65.6 Å². The summed E-state index contributed by atoms with van der Waals surface area (Å²) in [6, 6.07) is 13.6. The van der Waals surface area contributed by atoms with Crippen LogP contribution in [0.25, 0.3) is 5.65 Å². The van der Waals surface area contributed by atoms with Gasteiger partial charge in [0.05, 0.1) is 7.11 Å². The van der Waals surface area contributed by atoms with Crippen LogP contribution in [0.5, 0.6) is 0 Å². The lowest BCUT2D eigenvalue weighted by atomic mass is 10.1. The summed E-state index contributed by atoms with van der Waals surface area (Å²) in [7, 11) is 1.36. The van der Waals surface area contributed by atoms with Crippen molar-refractivity contribution in [2.24, 2.45) is 0 Å². The van der Waals surface area contributed by atoms with Gasteiger partial charge in [0.15, 0.2) is 11.5 Å². The minimum absolute atomic E-state index is 0.400. The fourth-order valence-corrected chi connectivity index (χ4v) is 2.23. The zero-order valence-corrected chi connectivity index (χ0v) is 11.7. The zero-order chi connectivity index (χ0) is 14.7. The third-order valence-electron chi connectivity index (χ3n) is 3.29. The van der Waals surface area contributed by atoms with Gasteiger partial charge in [0.2, 0.25) is 0 Å². The van der Waals surface area contributed by atoms with Crippen molar-refractivity contribution in [2.75, 3.05) is 7.11 Å². The van der Waals surface area contributed by atoms with Gasteiger partial charge in [0, 0.05) is 12.6 Å². The summed E-state index contributed by atoms with van der Waals surface area (Å²) in [6.07, 6.45) is 3.37. The number of rotatable bonds is 4. The van der Waals surface area contributed by atoms with Gasteiger partial charge in [-0.1, -0.05) is 30.3 Å². The van der Waals surface area contributed by atoms with Gasteiger partial charge in [-0.05, 0) is 24.1 Å². The maximum absolute atomic E-state index is 11.7. The number of aryl methyl sites for hydroxylation is 2. The largest absolute Gasteiger partial charge is 0.465 e. The molecule has 106 valence electrons. The van der Waals surface area contributed by atoms with E-state index in [9.17, 15) is 4.79 Å². The van der Waals surface area contributed by atoms with E-state index >= 15 is 0 Å². The van der Waals surface area contributed by atoms with E-state index in [1.807, 2.05) is 18.2 Å². The van der Waals surface area contributed by atoms with Gasteiger partial charge in [-0.15, -0.1) is 0 Å². The molecule has 5 nitrogen and oxygen atoms in total. The molecule has 0 fully saturated rings. The zero-order valence-electron chi connectivity index (χ0n) is 11.7. The third-order valence-corrected chi connectivity index (χ3v) is 3.29. The molecule has 21 heavy (non-hydrogen) atoms. The van der Waals surface area contributed by atoms with E-state index in [0.29, 0.717) is 11.2 Å². The van der Waals surface area contributed by atoms with Gasteiger partial charge in [-0.25, -0.2) is 14.3 Å². The van der Waals surface area contributed by atoms with Crippen molar-refractivity contribution in [3.8, 4) is 0 Å². The summed E-state index contributed by atoms with van der Waals surface area (Å²) in [6.45, 7) is 0. The number of carbonyl (C=O) groups is 1. The van der Waals surface area contributed by atoms with Gasteiger partial charge in [0.1, 0.15) is 5.56 Å². The van der Waals surface area contributed by atoms with E-state index < -0.39 is 5.97 Å². The van der Waals surface area contributed by atoms with Crippen LogP contribution in [0, 0.1) is 0 Å². The molecule has 0 bridgehead atoms. The van der Waals surface area contributed by atoms with Crippen LogP contribution < -0.4 is 0 Å². The maximum Gasteiger partial charge on any atom is 0.341 e. The van der Waals surface area contributed by atoms with Crippen molar-refractivity contribution in [2.45, 2.75) is 12.8 Å². The molecule has 0 N–H and O–H groups in total. The predicted octanol–water partition coefficient (Wildman–Crippen LogP) is 2.30. The van der Waals surface area contributed by atoms with Crippen molar-refractivity contribution in [1.82, 2.24) is 14.6 Å². The molecule has 3 rings (SSSR count). The number of methoxy groups -OCH3 is 1. The van der Waals surface area contributed by atoms with Crippen molar-refractivity contribution in [1.29, 1.82) is 0 Å². The Bertz CT molecular complexity index is 766. The molecule has 0 spiro atoms. The molecule has 0 amide bonds. The highest BCUT2D eigenvalue weighted by Gasteiger charge is 2.14. The number of benzene rings is 1. The summed E-state index contributed by atoms with van der Waals surface area (Å²) in [5.41, 5.74) is 2.20. The van der Waals surface area contributed by atoms with Crippen LogP contribution in [0.4, 0.5) is 0 Å². The Balaban J connectivity index is 1.86. The molecule has 0 aliphatic carbocycles. The number of aromatic nitrogens is 3. The second-order valence-corrected chi connectivity index (χ2v) is 4.70. The molecule has 0 aliphatic heterocycles. The van der Waals surface area contributed by atoms with E-state index in [1.54, 1.807) is 22.8 Å². The average Bonchev–Trinajstić information content (AvgIpc) is 2.96. The fourth-order valence-electron chi connectivity index (χ4n) is 2.23. The number of pyridine rings is 1. The first-order valence-electron chi connectivity index (χ1n) is 6.74. The van der Waals surface area contributed by atoms with E-state index in [4.69, 9.17) is 4.74 Å². The van der Waals surface area contributed by atoms with Crippen LogP contribution in [0.1, 0.15) is 21.7 Å². The Morgan fingerprint density at radius 2 is 1.95 bits per heavy atom. The summed E-state index contributed by atoms with van der Waals surface area (Å²) < 4.78 is 6.38. The molecule has 1 aromatic carbocycles. The Morgan fingerprint density at radius 3 is 2.71 bits per heavy atom. The standard InChI is InChI=1S/C16H15N3O2/c1-21-16(20)13-8-5-11-19-15(13)17-14(18-19)10-9-12-6-3-2-4-7-12/h2-8,11H,9-10H2,1H3. The average molecular weight is 281 g/mol. The van der Waals surface area contributed by atoms with Crippen molar-refractivity contribution in [3.63, 3.8) is 0 Å². The maximum atomic E-state index is 11.7. The van der Waals surface area contributed by atoms with Gasteiger partial charge < -0.3 is 4.74 Å². The normalized spacial score (nSPS) is 10.7. The minimum atomic E-state index is -0.400. The molecule has 0 aliphatic rings. The van der Waals surface area contributed by atoms with Crippen LogP contribution in [0.3, 0.4) is 0 Å². The fraction of sp³-hybridized carbons (Fsp3) is 0.188. The topological polar surface area (TPSA) is 56.5 Å². The number of ether oxygens (including phenoxy) is 1. The third kappa shape index (κ3) is 2.76. The molecular formula is C16H15N3O2. The SMILES string of the molecule is COC(=O)c1cccn2nc(CCc3ccccc3)nc12. The lowest BCUT2D eigenvalue weighted by Crippen LogP contribution is -2.04. The number of carbonyl (C=O) groups excluding carboxylic acids is 1. The molecule has 0 atom stereocenters. The monoisotopic (exact) mass is 281 g/mol. The van der Waals surface area contributed by atoms with E-state index in [0.717, 1.165) is 18.7 Å². The number of fused-ring (bicyclic) bond motifs is 1. The number of esters is 1.